The molecule has 0 bridgehead atoms. The molecule has 4 aromatic rings. The van der Waals surface area contributed by atoms with Crippen LogP contribution in [0.4, 0.5) is 0 Å². The summed E-state index contributed by atoms with van der Waals surface area (Å²) in [6.07, 6.45) is 1.50. The highest BCUT2D eigenvalue weighted by Crippen LogP contribution is 2.27. The molecular formula is C26H20N2O3. The first-order valence-corrected chi connectivity index (χ1v) is 9.81. The standard InChI is InChI=1S/C26H20N2O3/c1-18-11-13-20(14-12-18)25(29)28-27-17-23-22-10-6-5-7-19(22)15-16-24(23)31-26(30)21-8-3-2-4-9-21/h2-17H,1H3,(H,28,29). The van der Waals surface area contributed by atoms with Gasteiger partial charge in [-0.2, -0.15) is 5.10 Å². The van der Waals surface area contributed by atoms with Crippen molar-refractivity contribution in [1.29, 1.82) is 0 Å². The third kappa shape index (κ3) is 4.67. The number of aryl methyl sites for hydroxylation is 1. The van der Waals surface area contributed by atoms with Crippen LogP contribution in [0.5, 0.6) is 5.75 Å². The number of hydrazone groups is 1. The third-order valence-corrected chi connectivity index (χ3v) is 4.82. The van der Waals surface area contributed by atoms with Gasteiger partial charge in [0.1, 0.15) is 5.75 Å². The molecule has 0 heterocycles. The second kappa shape index (κ2) is 9.05. The van der Waals surface area contributed by atoms with Crippen molar-refractivity contribution in [3.63, 3.8) is 0 Å². The van der Waals surface area contributed by atoms with E-state index in [1.807, 2.05) is 55.5 Å². The van der Waals surface area contributed by atoms with Gasteiger partial charge in [-0.1, -0.05) is 66.2 Å². The van der Waals surface area contributed by atoms with Crippen molar-refractivity contribution < 1.29 is 14.3 Å². The SMILES string of the molecule is Cc1ccc(C(=O)NN=Cc2c(OC(=O)c3ccccc3)ccc3ccccc23)cc1. The quantitative estimate of drug-likeness (QED) is 0.215. The number of ether oxygens (including phenoxy) is 1. The average Bonchev–Trinajstić information content (AvgIpc) is 2.81. The second-order valence-electron chi connectivity index (χ2n) is 7.02. The van der Waals surface area contributed by atoms with Crippen LogP contribution >= 0.6 is 0 Å². The van der Waals surface area contributed by atoms with E-state index >= 15 is 0 Å². The number of fused-ring (bicyclic) bond motifs is 1. The molecule has 152 valence electrons. The first-order valence-electron chi connectivity index (χ1n) is 9.81. The summed E-state index contributed by atoms with van der Waals surface area (Å²) < 4.78 is 5.65. The Kier molecular flexibility index (Phi) is 5.85. The predicted molar refractivity (Wildman–Crippen MR) is 122 cm³/mol. The lowest BCUT2D eigenvalue weighted by Gasteiger charge is -2.10. The Labute approximate surface area is 180 Å². The first kappa shape index (κ1) is 20.0. The minimum atomic E-state index is -0.464. The van der Waals surface area contributed by atoms with Crippen molar-refractivity contribution in [3.05, 3.63) is 113 Å². The summed E-state index contributed by atoms with van der Waals surface area (Å²) in [6, 6.07) is 27.3. The van der Waals surface area contributed by atoms with Crippen molar-refractivity contribution in [2.75, 3.05) is 0 Å². The molecule has 4 aromatic carbocycles. The van der Waals surface area contributed by atoms with Gasteiger partial charge < -0.3 is 4.74 Å². The van der Waals surface area contributed by atoms with E-state index in [1.54, 1.807) is 42.5 Å². The molecule has 0 atom stereocenters. The molecule has 0 fully saturated rings. The Hall–Kier alpha value is -4.25. The zero-order chi connectivity index (χ0) is 21.6. The Morgan fingerprint density at radius 1 is 0.806 bits per heavy atom. The molecule has 0 saturated carbocycles. The van der Waals surface area contributed by atoms with Crippen LogP contribution in [0, 0.1) is 6.92 Å². The summed E-state index contributed by atoms with van der Waals surface area (Å²) in [5.74, 6) is -0.422. The predicted octanol–water partition coefficient (Wildman–Crippen LogP) is 5.13. The molecule has 0 saturated heterocycles. The summed E-state index contributed by atoms with van der Waals surface area (Å²) in [6.45, 7) is 1.96. The van der Waals surface area contributed by atoms with Crippen LogP contribution in [-0.4, -0.2) is 18.1 Å². The van der Waals surface area contributed by atoms with Crippen molar-refractivity contribution in [2.45, 2.75) is 6.92 Å². The number of amides is 1. The fourth-order valence-corrected chi connectivity index (χ4v) is 3.16. The summed E-state index contributed by atoms with van der Waals surface area (Å²) in [5.41, 5.74) is 5.17. The van der Waals surface area contributed by atoms with Gasteiger partial charge in [0, 0.05) is 11.1 Å². The molecule has 0 aliphatic carbocycles. The Bertz CT molecular complexity index is 1260. The van der Waals surface area contributed by atoms with E-state index < -0.39 is 5.97 Å². The zero-order valence-corrected chi connectivity index (χ0v) is 16.9. The van der Waals surface area contributed by atoms with Gasteiger partial charge in [0.25, 0.3) is 5.91 Å². The van der Waals surface area contributed by atoms with Crippen LogP contribution in [0.2, 0.25) is 0 Å². The lowest BCUT2D eigenvalue weighted by Crippen LogP contribution is -2.17. The van der Waals surface area contributed by atoms with Gasteiger partial charge in [0.15, 0.2) is 0 Å². The summed E-state index contributed by atoms with van der Waals surface area (Å²) >= 11 is 0. The number of hydrogen-bond acceptors (Lipinski definition) is 4. The number of nitrogens with zero attached hydrogens (tertiary/aromatic N) is 1. The third-order valence-electron chi connectivity index (χ3n) is 4.82. The van der Waals surface area contributed by atoms with Gasteiger partial charge in [-0.3, -0.25) is 4.79 Å². The molecule has 0 spiro atoms. The summed E-state index contributed by atoms with van der Waals surface area (Å²) in [5, 5.41) is 5.94. The summed E-state index contributed by atoms with van der Waals surface area (Å²) in [4.78, 5) is 24.9. The van der Waals surface area contributed by atoms with Crippen LogP contribution in [-0.2, 0) is 0 Å². The summed E-state index contributed by atoms with van der Waals surface area (Å²) in [7, 11) is 0. The topological polar surface area (TPSA) is 67.8 Å². The molecular weight excluding hydrogens is 388 g/mol. The Balaban J connectivity index is 1.62. The van der Waals surface area contributed by atoms with Gasteiger partial charge in [-0.15, -0.1) is 0 Å². The van der Waals surface area contributed by atoms with E-state index in [0.29, 0.717) is 22.4 Å². The fourth-order valence-electron chi connectivity index (χ4n) is 3.16. The molecule has 0 unspecified atom stereocenters. The van der Waals surface area contributed by atoms with Gasteiger partial charge in [0.05, 0.1) is 11.8 Å². The van der Waals surface area contributed by atoms with Crippen molar-refractivity contribution in [1.82, 2.24) is 5.43 Å². The minimum Gasteiger partial charge on any atom is -0.422 e. The monoisotopic (exact) mass is 408 g/mol. The highest BCUT2D eigenvalue weighted by molar-refractivity contribution is 6.04. The van der Waals surface area contributed by atoms with Gasteiger partial charge in [-0.25, -0.2) is 10.2 Å². The second-order valence-corrected chi connectivity index (χ2v) is 7.02. The molecule has 1 N–H and O–H groups in total. The van der Waals surface area contributed by atoms with Crippen LogP contribution in [0.15, 0.2) is 96.1 Å². The van der Waals surface area contributed by atoms with Gasteiger partial charge in [-0.05, 0) is 48.0 Å². The number of esters is 1. The van der Waals surface area contributed by atoms with E-state index in [9.17, 15) is 9.59 Å². The largest absolute Gasteiger partial charge is 0.422 e. The normalized spacial score (nSPS) is 10.9. The molecule has 0 aliphatic rings. The Morgan fingerprint density at radius 3 is 2.29 bits per heavy atom. The number of carbonyl (C=O) groups is 2. The van der Waals surface area contributed by atoms with E-state index in [0.717, 1.165) is 16.3 Å². The Morgan fingerprint density at radius 2 is 1.52 bits per heavy atom. The molecule has 1 amide bonds. The first-order chi connectivity index (χ1) is 15.1. The lowest BCUT2D eigenvalue weighted by molar-refractivity contribution is 0.0734. The van der Waals surface area contributed by atoms with Crippen LogP contribution in [0.25, 0.3) is 10.8 Å². The molecule has 0 aromatic heterocycles. The molecule has 0 aliphatic heterocycles. The molecule has 4 rings (SSSR count). The maximum absolute atomic E-state index is 12.6. The maximum atomic E-state index is 12.6. The van der Waals surface area contributed by atoms with Gasteiger partial charge in [0.2, 0.25) is 0 Å². The van der Waals surface area contributed by atoms with E-state index in [1.165, 1.54) is 6.21 Å². The number of rotatable bonds is 5. The highest BCUT2D eigenvalue weighted by Gasteiger charge is 2.13. The van der Waals surface area contributed by atoms with E-state index in [4.69, 9.17) is 4.74 Å². The van der Waals surface area contributed by atoms with E-state index in [2.05, 4.69) is 10.5 Å². The zero-order valence-electron chi connectivity index (χ0n) is 16.9. The number of benzene rings is 4. The molecule has 31 heavy (non-hydrogen) atoms. The van der Waals surface area contributed by atoms with Crippen LogP contribution < -0.4 is 10.2 Å². The minimum absolute atomic E-state index is 0.320. The number of hydrogen-bond donors (Lipinski definition) is 1. The fraction of sp³-hybridized carbons (Fsp3) is 0.0385. The number of nitrogens with one attached hydrogen (secondary N) is 1. The van der Waals surface area contributed by atoms with Gasteiger partial charge >= 0.3 is 5.97 Å². The van der Waals surface area contributed by atoms with Crippen LogP contribution in [0.3, 0.4) is 0 Å². The number of carbonyl (C=O) groups excluding carboxylic acids is 2. The van der Waals surface area contributed by atoms with Crippen molar-refractivity contribution in [2.24, 2.45) is 5.10 Å². The van der Waals surface area contributed by atoms with Crippen LogP contribution in [0.1, 0.15) is 31.8 Å². The van der Waals surface area contributed by atoms with E-state index in [-0.39, 0.29) is 5.91 Å². The van der Waals surface area contributed by atoms with Crippen molar-refractivity contribution in [3.8, 4) is 5.75 Å². The highest BCUT2D eigenvalue weighted by atomic mass is 16.5. The average molecular weight is 408 g/mol. The lowest BCUT2D eigenvalue weighted by atomic mass is 10.0. The molecule has 5 nitrogen and oxygen atoms in total. The van der Waals surface area contributed by atoms with Crippen molar-refractivity contribution >= 4 is 28.9 Å². The molecule has 0 radical (unpaired) electrons. The molecule has 5 heteroatoms. The smallest absolute Gasteiger partial charge is 0.343 e. The maximum Gasteiger partial charge on any atom is 0.343 e.